The van der Waals surface area contributed by atoms with Gasteiger partial charge in [-0.25, -0.2) is 0 Å². The Balaban J connectivity index is 1.81. The van der Waals surface area contributed by atoms with E-state index in [4.69, 9.17) is 0 Å². The topological polar surface area (TPSA) is 58.2 Å². The Morgan fingerprint density at radius 1 is 0.917 bits per heavy atom. The van der Waals surface area contributed by atoms with Crippen LogP contribution in [0.1, 0.15) is 28.7 Å². The molecule has 0 spiro atoms. The van der Waals surface area contributed by atoms with E-state index in [0.29, 0.717) is 12.2 Å². The van der Waals surface area contributed by atoms with Gasteiger partial charge in [0.2, 0.25) is 0 Å². The van der Waals surface area contributed by atoms with Crippen LogP contribution < -0.4 is 10.6 Å². The van der Waals surface area contributed by atoms with Crippen molar-refractivity contribution < 1.29 is 9.59 Å². The second-order valence-corrected chi connectivity index (χ2v) is 6.07. The summed E-state index contributed by atoms with van der Waals surface area (Å²) in [7, 11) is 0. The minimum atomic E-state index is -0.621. The van der Waals surface area contributed by atoms with Gasteiger partial charge in [0.15, 0.2) is 0 Å². The fourth-order valence-corrected chi connectivity index (χ4v) is 2.77. The molecule has 0 saturated carbocycles. The Labute approximate surface area is 143 Å². The molecule has 0 bridgehead atoms. The van der Waals surface area contributed by atoms with E-state index in [1.165, 1.54) is 5.56 Å². The average Bonchev–Trinajstić information content (AvgIpc) is 2.55. The van der Waals surface area contributed by atoms with Crippen molar-refractivity contribution in [1.82, 2.24) is 5.32 Å². The molecule has 24 heavy (non-hydrogen) atoms. The highest BCUT2D eigenvalue weighted by Crippen LogP contribution is 2.21. The smallest absolute Gasteiger partial charge is 0.313 e. The maximum Gasteiger partial charge on any atom is 0.313 e. The van der Waals surface area contributed by atoms with Crippen LogP contribution in [0.3, 0.4) is 0 Å². The molecule has 2 aromatic rings. The fourth-order valence-electron chi connectivity index (χ4n) is 2.77. The van der Waals surface area contributed by atoms with Crippen LogP contribution in [0.2, 0.25) is 0 Å². The molecular weight excluding hydrogens is 300 g/mol. The van der Waals surface area contributed by atoms with Crippen molar-refractivity contribution in [1.29, 1.82) is 0 Å². The summed E-state index contributed by atoms with van der Waals surface area (Å²) in [6.07, 6.45) is 1.67. The number of nitrogens with one attached hydrogen (secondary N) is 2. The molecular formula is C20H24N2O2. The van der Waals surface area contributed by atoms with Crippen LogP contribution in [-0.2, 0) is 16.0 Å². The maximum absolute atomic E-state index is 12.0. The SMILES string of the molecule is Cc1cc(C)c(NC(=O)C(=O)NCCCc2ccccc2)c(C)c1. The zero-order valence-electron chi connectivity index (χ0n) is 14.5. The van der Waals surface area contributed by atoms with E-state index in [2.05, 4.69) is 22.8 Å². The van der Waals surface area contributed by atoms with Crippen LogP contribution in [0.15, 0.2) is 42.5 Å². The quantitative estimate of drug-likeness (QED) is 0.655. The number of amides is 2. The third kappa shape index (κ3) is 4.95. The Morgan fingerprint density at radius 3 is 2.17 bits per heavy atom. The Hall–Kier alpha value is -2.62. The first-order valence-electron chi connectivity index (χ1n) is 8.18. The van der Waals surface area contributed by atoms with E-state index < -0.39 is 11.8 Å². The second-order valence-electron chi connectivity index (χ2n) is 6.07. The molecule has 0 atom stereocenters. The highest BCUT2D eigenvalue weighted by molar-refractivity contribution is 6.39. The summed E-state index contributed by atoms with van der Waals surface area (Å²) in [5.41, 5.74) is 4.98. The predicted molar refractivity (Wildman–Crippen MR) is 97.1 cm³/mol. The summed E-state index contributed by atoms with van der Waals surface area (Å²) in [5.74, 6) is -1.22. The first-order chi connectivity index (χ1) is 11.5. The molecule has 4 heteroatoms. The number of benzene rings is 2. The van der Waals surface area contributed by atoms with Gasteiger partial charge in [-0.15, -0.1) is 0 Å². The first-order valence-corrected chi connectivity index (χ1v) is 8.18. The van der Waals surface area contributed by atoms with Crippen LogP contribution >= 0.6 is 0 Å². The molecule has 0 heterocycles. The number of carbonyl (C=O) groups excluding carboxylic acids is 2. The molecule has 0 aromatic heterocycles. The first kappa shape index (κ1) is 17.7. The van der Waals surface area contributed by atoms with Crippen LogP contribution in [0.4, 0.5) is 5.69 Å². The monoisotopic (exact) mass is 324 g/mol. The number of hydrogen-bond donors (Lipinski definition) is 2. The van der Waals surface area contributed by atoms with Gasteiger partial charge >= 0.3 is 11.8 Å². The number of aryl methyl sites for hydroxylation is 4. The Kier molecular flexibility index (Phi) is 6.13. The van der Waals surface area contributed by atoms with Gasteiger partial charge in [0.05, 0.1) is 0 Å². The molecule has 2 aromatic carbocycles. The van der Waals surface area contributed by atoms with Crippen LogP contribution in [0.25, 0.3) is 0 Å². The molecule has 0 aliphatic rings. The van der Waals surface area contributed by atoms with Crippen molar-refractivity contribution in [2.45, 2.75) is 33.6 Å². The van der Waals surface area contributed by atoms with E-state index in [9.17, 15) is 9.59 Å². The van der Waals surface area contributed by atoms with Crippen LogP contribution in [-0.4, -0.2) is 18.4 Å². The van der Waals surface area contributed by atoms with Gasteiger partial charge in [0.25, 0.3) is 0 Å². The lowest BCUT2D eigenvalue weighted by molar-refractivity contribution is -0.136. The molecule has 0 aliphatic carbocycles. The van der Waals surface area contributed by atoms with E-state index in [1.54, 1.807) is 0 Å². The average molecular weight is 324 g/mol. The number of carbonyl (C=O) groups is 2. The Morgan fingerprint density at radius 2 is 1.54 bits per heavy atom. The number of anilines is 1. The highest BCUT2D eigenvalue weighted by Gasteiger charge is 2.15. The van der Waals surface area contributed by atoms with Crippen molar-refractivity contribution in [3.63, 3.8) is 0 Å². The van der Waals surface area contributed by atoms with Crippen LogP contribution in [0, 0.1) is 20.8 Å². The van der Waals surface area contributed by atoms with E-state index in [0.717, 1.165) is 29.5 Å². The maximum atomic E-state index is 12.0. The largest absolute Gasteiger partial charge is 0.348 e. The summed E-state index contributed by atoms with van der Waals surface area (Å²) in [5, 5.41) is 5.39. The van der Waals surface area contributed by atoms with Crippen molar-refractivity contribution in [3.8, 4) is 0 Å². The molecule has 2 rings (SSSR count). The fraction of sp³-hybridized carbons (Fsp3) is 0.300. The molecule has 0 radical (unpaired) electrons. The van der Waals surface area contributed by atoms with Gasteiger partial charge in [0, 0.05) is 12.2 Å². The lowest BCUT2D eigenvalue weighted by Crippen LogP contribution is -2.36. The van der Waals surface area contributed by atoms with Crippen LogP contribution in [0.5, 0.6) is 0 Å². The van der Waals surface area contributed by atoms with Gasteiger partial charge in [-0.05, 0) is 50.3 Å². The zero-order chi connectivity index (χ0) is 17.5. The summed E-state index contributed by atoms with van der Waals surface area (Å²) >= 11 is 0. The molecule has 4 nitrogen and oxygen atoms in total. The van der Waals surface area contributed by atoms with E-state index >= 15 is 0 Å². The Bertz CT molecular complexity index is 701. The summed E-state index contributed by atoms with van der Waals surface area (Å²) in [6, 6.07) is 14.0. The predicted octanol–water partition coefficient (Wildman–Crippen LogP) is 3.30. The molecule has 2 N–H and O–H groups in total. The molecule has 0 fully saturated rings. The number of rotatable bonds is 5. The molecule has 126 valence electrons. The minimum absolute atomic E-state index is 0.479. The van der Waals surface area contributed by atoms with Crippen molar-refractivity contribution in [2.75, 3.05) is 11.9 Å². The normalized spacial score (nSPS) is 10.3. The zero-order valence-corrected chi connectivity index (χ0v) is 14.5. The lowest BCUT2D eigenvalue weighted by atomic mass is 10.1. The summed E-state index contributed by atoms with van der Waals surface area (Å²) in [6.45, 7) is 6.33. The van der Waals surface area contributed by atoms with Gasteiger partial charge in [0.1, 0.15) is 0 Å². The van der Waals surface area contributed by atoms with Crippen molar-refractivity contribution in [2.24, 2.45) is 0 Å². The van der Waals surface area contributed by atoms with Gasteiger partial charge in [-0.1, -0.05) is 48.0 Å². The van der Waals surface area contributed by atoms with Gasteiger partial charge < -0.3 is 10.6 Å². The molecule has 2 amide bonds. The third-order valence-electron chi connectivity index (χ3n) is 3.89. The molecule has 0 aliphatic heterocycles. The van der Waals surface area contributed by atoms with Crippen molar-refractivity contribution >= 4 is 17.5 Å². The summed E-state index contributed by atoms with van der Waals surface area (Å²) in [4.78, 5) is 24.0. The molecule has 0 saturated heterocycles. The summed E-state index contributed by atoms with van der Waals surface area (Å²) < 4.78 is 0. The highest BCUT2D eigenvalue weighted by atomic mass is 16.2. The van der Waals surface area contributed by atoms with Gasteiger partial charge in [-0.2, -0.15) is 0 Å². The van der Waals surface area contributed by atoms with Crippen molar-refractivity contribution in [3.05, 3.63) is 64.7 Å². The van der Waals surface area contributed by atoms with E-state index in [1.807, 2.05) is 51.1 Å². The number of hydrogen-bond acceptors (Lipinski definition) is 2. The second kappa shape index (κ2) is 8.29. The molecule has 0 unspecified atom stereocenters. The third-order valence-corrected chi connectivity index (χ3v) is 3.89. The lowest BCUT2D eigenvalue weighted by Gasteiger charge is -2.12. The van der Waals surface area contributed by atoms with Gasteiger partial charge in [-0.3, -0.25) is 9.59 Å². The van der Waals surface area contributed by atoms with E-state index in [-0.39, 0.29) is 0 Å². The standard InChI is InChI=1S/C20H24N2O2/c1-14-12-15(2)18(16(3)13-14)22-20(24)19(23)21-11-7-10-17-8-5-4-6-9-17/h4-6,8-9,12-13H,7,10-11H2,1-3H3,(H,21,23)(H,22,24). The minimum Gasteiger partial charge on any atom is -0.348 e.